The second-order valence-electron chi connectivity index (χ2n) is 4.54. The Hall–Kier alpha value is -2.68. The van der Waals surface area contributed by atoms with E-state index in [-0.39, 0.29) is 5.69 Å². The van der Waals surface area contributed by atoms with Gasteiger partial charge in [-0.15, -0.1) is 0 Å². The van der Waals surface area contributed by atoms with E-state index in [4.69, 9.17) is 10.00 Å². The summed E-state index contributed by atoms with van der Waals surface area (Å²) in [6.45, 7) is 0.306. The minimum Gasteiger partial charge on any atom is -0.497 e. The third-order valence-electron chi connectivity index (χ3n) is 3.12. The SMILES string of the molecule is COc1ccc(CNc2cccc(C(F)(F)F)c2C#N)cc1. The fourth-order valence-corrected chi connectivity index (χ4v) is 2.00. The van der Waals surface area contributed by atoms with Crippen molar-refractivity contribution in [2.45, 2.75) is 12.7 Å². The van der Waals surface area contributed by atoms with Gasteiger partial charge in [-0.2, -0.15) is 18.4 Å². The van der Waals surface area contributed by atoms with Crippen LogP contribution in [0.15, 0.2) is 42.5 Å². The molecule has 2 aromatic rings. The number of ether oxygens (including phenoxy) is 1. The first-order valence-corrected chi connectivity index (χ1v) is 6.43. The van der Waals surface area contributed by atoms with Gasteiger partial charge in [0.05, 0.1) is 23.9 Å². The van der Waals surface area contributed by atoms with Gasteiger partial charge in [0.15, 0.2) is 0 Å². The van der Waals surface area contributed by atoms with E-state index in [0.717, 1.165) is 11.6 Å². The van der Waals surface area contributed by atoms with Crippen molar-refractivity contribution < 1.29 is 17.9 Å². The summed E-state index contributed by atoms with van der Waals surface area (Å²) in [6, 6.07) is 12.4. The highest BCUT2D eigenvalue weighted by Crippen LogP contribution is 2.34. The highest BCUT2D eigenvalue weighted by atomic mass is 19.4. The normalized spacial score (nSPS) is 10.9. The molecule has 0 amide bonds. The maximum absolute atomic E-state index is 12.9. The van der Waals surface area contributed by atoms with Crippen molar-refractivity contribution in [2.75, 3.05) is 12.4 Å². The Bertz CT molecular complexity index is 688. The Labute approximate surface area is 126 Å². The lowest BCUT2D eigenvalue weighted by Crippen LogP contribution is -2.10. The van der Waals surface area contributed by atoms with Gasteiger partial charge in [-0.1, -0.05) is 18.2 Å². The van der Waals surface area contributed by atoms with E-state index in [2.05, 4.69) is 5.32 Å². The number of methoxy groups -OCH3 is 1. The molecular formula is C16H13F3N2O. The summed E-state index contributed by atoms with van der Waals surface area (Å²) in [5.41, 5.74) is -0.312. The highest BCUT2D eigenvalue weighted by Gasteiger charge is 2.34. The summed E-state index contributed by atoms with van der Waals surface area (Å²) >= 11 is 0. The zero-order chi connectivity index (χ0) is 16.2. The summed E-state index contributed by atoms with van der Waals surface area (Å²) in [5, 5.41) is 11.9. The van der Waals surface area contributed by atoms with E-state index in [1.54, 1.807) is 37.4 Å². The molecule has 2 aromatic carbocycles. The number of halogens is 3. The topological polar surface area (TPSA) is 45.0 Å². The molecule has 3 nitrogen and oxygen atoms in total. The molecular weight excluding hydrogens is 293 g/mol. The number of alkyl halides is 3. The number of nitrogens with one attached hydrogen (secondary N) is 1. The lowest BCUT2D eigenvalue weighted by Gasteiger charge is -2.13. The molecule has 0 aliphatic carbocycles. The summed E-state index contributed by atoms with van der Waals surface area (Å²) in [6.07, 6.45) is -4.55. The minimum atomic E-state index is -4.55. The van der Waals surface area contributed by atoms with E-state index >= 15 is 0 Å². The molecule has 0 fully saturated rings. The first-order chi connectivity index (χ1) is 10.5. The van der Waals surface area contributed by atoms with Crippen LogP contribution in [0.5, 0.6) is 5.75 Å². The number of anilines is 1. The largest absolute Gasteiger partial charge is 0.497 e. The summed E-state index contributed by atoms with van der Waals surface area (Å²) < 4.78 is 43.6. The zero-order valence-corrected chi connectivity index (χ0v) is 11.7. The van der Waals surface area contributed by atoms with Crippen LogP contribution in [0.3, 0.4) is 0 Å². The molecule has 2 rings (SSSR count). The van der Waals surface area contributed by atoms with Gasteiger partial charge in [0, 0.05) is 6.54 Å². The number of nitrogens with zero attached hydrogens (tertiary/aromatic N) is 1. The molecule has 114 valence electrons. The van der Waals surface area contributed by atoms with Crippen LogP contribution in [-0.2, 0) is 12.7 Å². The van der Waals surface area contributed by atoms with Crippen LogP contribution >= 0.6 is 0 Å². The third-order valence-corrected chi connectivity index (χ3v) is 3.12. The van der Waals surface area contributed by atoms with Gasteiger partial charge in [0.1, 0.15) is 11.8 Å². The average Bonchev–Trinajstić information content (AvgIpc) is 2.52. The molecule has 1 N–H and O–H groups in total. The standard InChI is InChI=1S/C16H13F3N2O/c1-22-12-7-5-11(6-8-12)10-21-15-4-2-3-14(13(15)9-20)16(17,18)19/h2-8,21H,10H2,1H3. The van der Waals surface area contributed by atoms with E-state index in [9.17, 15) is 13.2 Å². The van der Waals surface area contributed by atoms with Gasteiger partial charge in [0.2, 0.25) is 0 Å². The maximum atomic E-state index is 12.9. The van der Waals surface area contributed by atoms with Crippen molar-refractivity contribution in [2.24, 2.45) is 0 Å². The van der Waals surface area contributed by atoms with Crippen LogP contribution in [0.1, 0.15) is 16.7 Å². The Morgan fingerprint density at radius 1 is 1.14 bits per heavy atom. The van der Waals surface area contributed by atoms with Gasteiger partial charge in [0.25, 0.3) is 0 Å². The van der Waals surface area contributed by atoms with E-state index < -0.39 is 17.3 Å². The fraction of sp³-hybridized carbons (Fsp3) is 0.188. The molecule has 0 saturated heterocycles. The Morgan fingerprint density at radius 2 is 1.82 bits per heavy atom. The molecule has 0 aromatic heterocycles. The second-order valence-corrected chi connectivity index (χ2v) is 4.54. The van der Waals surface area contributed by atoms with Crippen LogP contribution in [0.2, 0.25) is 0 Å². The van der Waals surface area contributed by atoms with E-state index in [1.165, 1.54) is 12.1 Å². The molecule has 6 heteroatoms. The Kier molecular flexibility index (Phi) is 4.56. The number of nitriles is 1. The van der Waals surface area contributed by atoms with Crippen molar-refractivity contribution in [1.82, 2.24) is 0 Å². The van der Waals surface area contributed by atoms with Gasteiger partial charge in [-0.05, 0) is 29.8 Å². The molecule has 0 heterocycles. The summed E-state index contributed by atoms with van der Waals surface area (Å²) in [7, 11) is 1.55. The van der Waals surface area contributed by atoms with Crippen molar-refractivity contribution in [3.63, 3.8) is 0 Å². The van der Waals surface area contributed by atoms with Crippen LogP contribution in [0.4, 0.5) is 18.9 Å². The zero-order valence-electron chi connectivity index (χ0n) is 11.7. The molecule has 0 atom stereocenters. The van der Waals surface area contributed by atoms with Gasteiger partial charge >= 0.3 is 6.18 Å². The number of hydrogen-bond donors (Lipinski definition) is 1. The Morgan fingerprint density at radius 3 is 2.36 bits per heavy atom. The predicted molar refractivity (Wildman–Crippen MR) is 76.5 cm³/mol. The number of benzene rings is 2. The number of hydrogen-bond acceptors (Lipinski definition) is 3. The van der Waals surface area contributed by atoms with Gasteiger partial charge in [-0.25, -0.2) is 0 Å². The van der Waals surface area contributed by atoms with Crippen molar-refractivity contribution in [3.05, 3.63) is 59.2 Å². The molecule has 0 aliphatic rings. The Balaban J connectivity index is 2.21. The maximum Gasteiger partial charge on any atom is 0.417 e. The quantitative estimate of drug-likeness (QED) is 0.921. The van der Waals surface area contributed by atoms with Gasteiger partial charge < -0.3 is 10.1 Å². The second kappa shape index (κ2) is 6.39. The molecule has 0 aliphatic heterocycles. The lowest BCUT2D eigenvalue weighted by atomic mass is 10.1. The van der Waals surface area contributed by atoms with Crippen molar-refractivity contribution in [1.29, 1.82) is 5.26 Å². The fourth-order valence-electron chi connectivity index (χ4n) is 2.00. The predicted octanol–water partition coefficient (Wildman–Crippen LogP) is 4.20. The van der Waals surface area contributed by atoms with Crippen LogP contribution in [0, 0.1) is 11.3 Å². The summed E-state index contributed by atoms with van der Waals surface area (Å²) in [5.74, 6) is 0.695. The van der Waals surface area contributed by atoms with Gasteiger partial charge in [-0.3, -0.25) is 0 Å². The van der Waals surface area contributed by atoms with Crippen LogP contribution < -0.4 is 10.1 Å². The molecule has 0 radical (unpaired) electrons. The molecule has 0 saturated carbocycles. The van der Waals surface area contributed by atoms with Crippen molar-refractivity contribution in [3.8, 4) is 11.8 Å². The molecule has 0 bridgehead atoms. The first kappa shape index (κ1) is 15.7. The minimum absolute atomic E-state index is 0.160. The molecule has 22 heavy (non-hydrogen) atoms. The highest BCUT2D eigenvalue weighted by molar-refractivity contribution is 5.61. The number of rotatable bonds is 4. The van der Waals surface area contributed by atoms with E-state index in [1.807, 2.05) is 0 Å². The lowest BCUT2D eigenvalue weighted by molar-refractivity contribution is -0.137. The molecule has 0 spiro atoms. The monoisotopic (exact) mass is 306 g/mol. The van der Waals surface area contributed by atoms with Crippen molar-refractivity contribution >= 4 is 5.69 Å². The molecule has 0 unspecified atom stereocenters. The smallest absolute Gasteiger partial charge is 0.417 e. The third kappa shape index (κ3) is 3.50. The van der Waals surface area contributed by atoms with E-state index in [0.29, 0.717) is 12.3 Å². The van der Waals surface area contributed by atoms with Crippen LogP contribution in [-0.4, -0.2) is 7.11 Å². The summed E-state index contributed by atoms with van der Waals surface area (Å²) in [4.78, 5) is 0. The first-order valence-electron chi connectivity index (χ1n) is 6.43. The van der Waals surface area contributed by atoms with Crippen LogP contribution in [0.25, 0.3) is 0 Å². The average molecular weight is 306 g/mol.